The van der Waals surface area contributed by atoms with E-state index >= 15 is 0 Å². The minimum absolute atomic E-state index is 0.0771. The van der Waals surface area contributed by atoms with Gasteiger partial charge in [0.15, 0.2) is 11.5 Å². The molecule has 1 aliphatic rings. The molecule has 1 aliphatic heterocycles. The molecule has 2 aromatic rings. The van der Waals surface area contributed by atoms with E-state index in [4.69, 9.17) is 4.74 Å². The number of benzene rings is 2. The fourth-order valence-corrected chi connectivity index (χ4v) is 5.01. The zero-order valence-electron chi connectivity index (χ0n) is 17.7. The summed E-state index contributed by atoms with van der Waals surface area (Å²) in [6.07, 6.45) is 2.85. The Morgan fingerprint density at radius 2 is 1.69 bits per heavy atom. The van der Waals surface area contributed by atoms with E-state index in [1.54, 1.807) is 18.2 Å². The molecule has 0 spiro atoms. The van der Waals surface area contributed by atoms with Crippen molar-refractivity contribution in [2.24, 2.45) is 0 Å². The van der Waals surface area contributed by atoms with Crippen LogP contribution < -0.4 is 14.8 Å². The molecule has 0 radical (unpaired) electrons. The van der Waals surface area contributed by atoms with Crippen molar-refractivity contribution in [1.29, 1.82) is 0 Å². The van der Waals surface area contributed by atoms with Gasteiger partial charge in [0.2, 0.25) is 15.9 Å². The third-order valence-corrected chi connectivity index (χ3v) is 7.09. The molecular weight excluding hydrogens is 442 g/mol. The van der Waals surface area contributed by atoms with E-state index in [2.05, 4.69) is 10.1 Å². The Hall–Kier alpha value is -2.72. The van der Waals surface area contributed by atoms with Crippen LogP contribution in [0.5, 0.6) is 11.5 Å². The van der Waals surface area contributed by atoms with Crippen LogP contribution in [0.3, 0.4) is 0 Å². The second kappa shape index (κ2) is 10.7. The lowest BCUT2D eigenvalue weighted by molar-refractivity contribution is -0.120. The van der Waals surface area contributed by atoms with Crippen molar-refractivity contribution in [2.45, 2.75) is 43.7 Å². The number of amides is 1. The van der Waals surface area contributed by atoms with E-state index in [1.165, 1.54) is 35.7 Å². The van der Waals surface area contributed by atoms with Gasteiger partial charge in [-0.2, -0.15) is 13.1 Å². The number of carbonyl (C=O) groups excluding carboxylic acids is 1. The molecule has 32 heavy (non-hydrogen) atoms. The Kier molecular flexibility index (Phi) is 8.03. The molecule has 1 N–H and O–H groups in total. The normalized spacial score (nSPS) is 14.9. The monoisotopic (exact) mass is 468 g/mol. The second-order valence-electron chi connectivity index (χ2n) is 7.43. The van der Waals surface area contributed by atoms with Crippen molar-refractivity contribution in [3.05, 3.63) is 53.6 Å². The summed E-state index contributed by atoms with van der Waals surface area (Å²) in [4.78, 5) is 12.5. The Bertz CT molecular complexity index is 1020. The van der Waals surface area contributed by atoms with Gasteiger partial charge in [0.25, 0.3) is 0 Å². The maximum Gasteiger partial charge on any atom is 0.387 e. The van der Waals surface area contributed by atoms with Gasteiger partial charge in [-0.15, -0.1) is 0 Å². The third-order valence-electron chi connectivity index (χ3n) is 5.17. The van der Waals surface area contributed by atoms with Crippen LogP contribution in [0.15, 0.2) is 47.4 Å². The Labute approximate surface area is 186 Å². The zero-order valence-corrected chi connectivity index (χ0v) is 18.5. The van der Waals surface area contributed by atoms with Gasteiger partial charge in [-0.3, -0.25) is 4.79 Å². The predicted octanol–water partition coefficient (Wildman–Crippen LogP) is 3.33. The molecule has 0 aromatic heterocycles. The lowest BCUT2D eigenvalue weighted by Gasteiger charge is -2.25. The molecular formula is C22H26F2N2O5S. The number of carbonyl (C=O) groups is 1. The number of halogens is 2. The smallest absolute Gasteiger partial charge is 0.387 e. The number of hydrogen-bond donors (Lipinski definition) is 1. The molecule has 0 atom stereocenters. The van der Waals surface area contributed by atoms with Crippen LogP contribution >= 0.6 is 0 Å². The average Bonchev–Trinajstić information content (AvgIpc) is 2.79. The lowest BCUT2D eigenvalue weighted by Crippen LogP contribution is -2.35. The van der Waals surface area contributed by atoms with E-state index in [9.17, 15) is 22.0 Å². The van der Waals surface area contributed by atoms with Gasteiger partial charge in [0.05, 0.1) is 18.4 Å². The largest absolute Gasteiger partial charge is 0.493 e. The van der Waals surface area contributed by atoms with Crippen LogP contribution in [0.2, 0.25) is 0 Å². The summed E-state index contributed by atoms with van der Waals surface area (Å²) in [5.41, 5.74) is 1.33. The van der Waals surface area contributed by atoms with Crippen LogP contribution in [0.1, 0.15) is 30.4 Å². The first-order valence-electron chi connectivity index (χ1n) is 10.3. The highest BCUT2D eigenvalue weighted by atomic mass is 32.2. The van der Waals surface area contributed by atoms with Crippen molar-refractivity contribution >= 4 is 15.9 Å². The topological polar surface area (TPSA) is 84.9 Å². The van der Waals surface area contributed by atoms with E-state index in [0.29, 0.717) is 24.2 Å². The maximum atomic E-state index is 12.7. The highest BCUT2D eigenvalue weighted by Crippen LogP contribution is 2.29. The minimum Gasteiger partial charge on any atom is -0.493 e. The van der Waals surface area contributed by atoms with Gasteiger partial charge in [-0.05, 0) is 48.2 Å². The molecule has 1 heterocycles. The standard InChI is InChI=1S/C22H26F2N2O5S/c1-30-20-13-17(7-10-19(20)31-22(23)24)15-25-21(27)14-16-5-8-18(9-6-16)32(28,29)26-11-3-2-4-12-26/h5-10,13,22H,2-4,11-12,14-15H2,1H3,(H,25,27). The third kappa shape index (κ3) is 6.17. The number of piperidine rings is 1. The lowest BCUT2D eigenvalue weighted by atomic mass is 10.1. The fraction of sp³-hybridized carbons (Fsp3) is 0.409. The Balaban J connectivity index is 1.56. The van der Waals surface area contributed by atoms with Crippen molar-refractivity contribution in [1.82, 2.24) is 9.62 Å². The predicted molar refractivity (Wildman–Crippen MR) is 114 cm³/mol. The van der Waals surface area contributed by atoms with Gasteiger partial charge < -0.3 is 14.8 Å². The fourth-order valence-electron chi connectivity index (χ4n) is 3.50. The number of alkyl halides is 2. The highest BCUT2D eigenvalue weighted by molar-refractivity contribution is 7.89. The van der Waals surface area contributed by atoms with E-state index in [1.807, 2.05) is 0 Å². The number of nitrogens with one attached hydrogen (secondary N) is 1. The Morgan fingerprint density at radius 1 is 1.03 bits per heavy atom. The maximum absolute atomic E-state index is 12.7. The zero-order chi connectivity index (χ0) is 23.1. The minimum atomic E-state index is -3.51. The van der Waals surface area contributed by atoms with Gasteiger partial charge in [0, 0.05) is 19.6 Å². The summed E-state index contributed by atoms with van der Waals surface area (Å²) in [7, 11) is -2.17. The van der Waals surface area contributed by atoms with Crippen molar-refractivity contribution in [2.75, 3.05) is 20.2 Å². The number of methoxy groups -OCH3 is 1. The first kappa shape index (κ1) is 23.9. The number of ether oxygens (including phenoxy) is 2. The summed E-state index contributed by atoms with van der Waals surface area (Å²) in [6, 6.07) is 10.7. The Morgan fingerprint density at radius 3 is 2.31 bits per heavy atom. The van der Waals surface area contributed by atoms with E-state index in [-0.39, 0.29) is 35.3 Å². The van der Waals surface area contributed by atoms with Crippen LogP contribution in [-0.2, 0) is 27.8 Å². The van der Waals surface area contributed by atoms with Crippen LogP contribution in [0.4, 0.5) is 8.78 Å². The second-order valence-corrected chi connectivity index (χ2v) is 9.36. The van der Waals surface area contributed by atoms with Gasteiger partial charge >= 0.3 is 6.61 Å². The molecule has 0 unspecified atom stereocenters. The summed E-state index contributed by atoms with van der Waals surface area (Å²) in [5, 5.41) is 2.75. The van der Waals surface area contributed by atoms with Crippen molar-refractivity contribution in [3.63, 3.8) is 0 Å². The van der Waals surface area contributed by atoms with E-state index < -0.39 is 16.6 Å². The highest BCUT2D eigenvalue weighted by Gasteiger charge is 2.25. The van der Waals surface area contributed by atoms with E-state index in [0.717, 1.165) is 19.3 Å². The molecule has 2 aromatic carbocycles. The molecule has 3 rings (SSSR count). The molecule has 0 saturated carbocycles. The van der Waals surface area contributed by atoms with Crippen LogP contribution in [-0.4, -0.2) is 45.4 Å². The molecule has 174 valence electrons. The average molecular weight is 469 g/mol. The van der Waals surface area contributed by atoms with Crippen molar-refractivity contribution in [3.8, 4) is 11.5 Å². The number of nitrogens with zero attached hydrogens (tertiary/aromatic N) is 1. The van der Waals surface area contributed by atoms with Gasteiger partial charge in [0.1, 0.15) is 0 Å². The summed E-state index contributed by atoms with van der Waals surface area (Å²) in [5.74, 6) is -0.205. The summed E-state index contributed by atoms with van der Waals surface area (Å²) in [6.45, 7) is -1.72. The summed E-state index contributed by atoms with van der Waals surface area (Å²) >= 11 is 0. The molecule has 1 fully saturated rings. The first-order chi connectivity index (χ1) is 15.3. The van der Waals surface area contributed by atoms with Crippen LogP contribution in [0, 0.1) is 0 Å². The van der Waals surface area contributed by atoms with Crippen LogP contribution in [0.25, 0.3) is 0 Å². The van der Waals surface area contributed by atoms with Gasteiger partial charge in [-0.1, -0.05) is 24.6 Å². The summed E-state index contributed by atoms with van der Waals surface area (Å²) < 4.78 is 61.2. The molecule has 1 amide bonds. The van der Waals surface area contributed by atoms with Crippen molar-refractivity contribution < 1.29 is 31.5 Å². The SMILES string of the molecule is COc1cc(CNC(=O)Cc2ccc(S(=O)(=O)N3CCCCC3)cc2)ccc1OC(F)F. The number of rotatable bonds is 9. The number of hydrogen-bond acceptors (Lipinski definition) is 5. The first-order valence-corrected chi connectivity index (χ1v) is 11.7. The molecule has 0 bridgehead atoms. The molecule has 1 saturated heterocycles. The molecule has 0 aliphatic carbocycles. The number of sulfonamides is 1. The molecule has 7 nitrogen and oxygen atoms in total. The quantitative estimate of drug-likeness (QED) is 0.610. The molecule has 10 heteroatoms. The van der Waals surface area contributed by atoms with Gasteiger partial charge in [-0.25, -0.2) is 8.42 Å².